The van der Waals surface area contributed by atoms with Crippen LogP contribution >= 0.6 is 0 Å². The van der Waals surface area contributed by atoms with Gasteiger partial charge in [0, 0.05) is 13.0 Å². The van der Waals surface area contributed by atoms with Gasteiger partial charge in [-0.25, -0.2) is 4.79 Å². The first-order chi connectivity index (χ1) is 10.5. The number of nitrogens with one attached hydrogen (secondary N) is 2. The number of Topliss-reactive ketones (excluding diaryl/α,β-unsaturated/α-hetero) is 1. The number of carbonyl (C=O) groups excluding carboxylic acids is 3. The summed E-state index contributed by atoms with van der Waals surface area (Å²) in [5, 5.41) is 5.50. The van der Waals surface area contributed by atoms with Crippen molar-refractivity contribution < 1.29 is 14.4 Å². The topological polar surface area (TPSA) is 78.5 Å². The average Bonchev–Trinajstić information content (AvgIpc) is 2.63. The highest BCUT2D eigenvalue weighted by molar-refractivity contribution is 5.97. The Balaban J connectivity index is 2.74. The van der Waals surface area contributed by atoms with E-state index in [2.05, 4.69) is 10.6 Å². The molecule has 2 N–H and O–H groups in total. The molecule has 0 radical (unpaired) electrons. The summed E-state index contributed by atoms with van der Waals surface area (Å²) in [5.41, 5.74) is 0. The molecule has 0 unspecified atom stereocenters. The standard InChI is InChI=1S/C16H29N3O3/c1-4-5-9-19(13-7-6-8-17-11-14(13)20)16(22)18-15(21)10-12(2)3/h12-13,17H,4-11H2,1-3H3,(H,18,21,22)/t13-/m0/s1. The van der Waals surface area contributed by atoms with Crippen LogP contribution in [-0.2, 0) is 9.59 Å². The zero-order valence-electron chi connectivity index (χ0n) is 14.0. The van der Waals surface area contributed by atoms with E-state index in [-0.39, 0.29) is 17.6 Å². The van der Waals surface area contributed by atoms with Gasteiger partial charge < -0.3 is 10.2 Å². The quantitative estimate of drug-likeness (QED) is 0.782. The number of hydrogen-bond donors (Lipinski definition) is 2. The minimum Gasteiger partial charge on any atom is -0.314 e. The molecule has 0 aromatic rings. The molecule has 0 aromatic heterocycles. The van der Waals surface area contributed by atoms with E-state index in [0.29, 0.717) is 25.9 Å². The first-order valence-electron chi connectivity index (χ1n) is 8.29. The van der Waals surface area contributed by atoms with Gasteiger partial charge in [-0.05, 0) is 31.7 Å². The summed E-state index contributed by atoms with van der Waals surface area (Å²) < 4.78 is 0. The van der Waals surface area contributed by atoms with Gasteiger partial charge in [0.15, 0.2) is 5.78 Å². The monoisotopic (exact) mass is 311 g/mol. The van der Waals surface area contributed by atoms with Gasteiger partial charge in [-0.15, -0.1) is 0 Å². The Labute approximate surface area is 133 Å². The lowest BCUT2D eigenvalue weighted by molar-refractivity contribution is -0.124. The van der Waals surface area contributed by atoms with E-state index in [1.807, 2.05) is 20.8 Å². The fourth-order valence-electron chi connectivity index (χ4n) is 2.58. The summed E-state index contributed by atoms with van der Waals surface area (Å²) in [5.74, 6) is -0.0543. The maximum Gasteiger partial charge on any atom is 0.324 e. The van der Waals surface area contributed by atoms with Gasteiger partial charge in [0.25, 0.3) is 0 Å². The second-order valence-corrected chi connectivity index (χ2v) is 6.30. The minimum atomic E-state index is -0.431. The molecule has 1 saturated heterocycles. The van der Waals surface area contributed by atoms with Crippen molar-refractivity contribution in [2.75, 3.05) is 19.6 Å². The molecule has 1 fully saturated rings. The van der Waals surface area contributed by atoms with Gasteiger partial charge >= 0.3 is 6.03 Å². The van der Waals surface area contributed by atoms with Crippen LogP contribution in [0.2, 0.25) is 0 Å². The van der Waals surface area contributed by atoms with Gasteiger partial charge in [-0.3, -0.25) is 14.9 Å². The van der Waals surface area contributed by atoms with Crippen molar-refractivity contribution in [3.05, 3.63) is 0 Å². The van der Waals surface area contributed by atoms with Gasteiger partial charge in [0.1, 0.15) is 0 Å². The molecular weight excluding hydrogens is 282 g/mol. The Hall–Kier alpha value is -1.43. The summed E-state index contributed by atoms with van der Waals surface area (Å²) >= 11 is 0. The van der Waals surface area contributed by atoms with Gasteiger partial charge in [0.05, 0.1) is 12.6 Å². The van der Waals surface area contributed by atoms with Crippen molar-refractivity contribution in [3.63, 3.8) is 0 Å². The highest BCUT2D eigenvalue weighted by atomic mass is 16.2. The Morgan fingerprint density at radius 2 is 2.14 bits per heavy atom. The third kappa shape index (κ3) is 6.13. The second kappa shape index (κ2) is 9.56. The molecule has 0 saturated carbocycles. The van der Waals surface area contributed by atoms with Crippen LogP contribution in [-0.4, -0.2) is 48.3 Å². The van der Waals surface area contributed by atoms with Crippen molar-refractivity contribution in [2.24, 2.45) is 5.92 Å². The smallest absolute Gasteiger partial charge is 0.314 e. The van der Waals surface area contributed by atoms with Crippen LogP contribution < -0.4 is 10.6 Å². The average molecular weight is 311 g/mol. The third-order valence-corrected chi connectivity index (χ3v) is 3.73. The van der Waals surface area contributed by atoms with Crippen LogP contribution in [0.3, 0.4) is 0 Å². The summed E-state index contributed by atoms with van der Waals surface area (Å²) in [6, 6.07) is -0.854. The van der Waals surface area contributed by atoms with Gasteiger partial charge in [-0.2, -0.15) is 0 Å². The lowest BCUT2D eigenvalue weighted by Crippen LogP contribution is -2.52. The van der Waals surface area contributed by atoms with Crippen LogP contribution in [0, 0.1) is 5.92 Å². The maximum atomic E-state index is 12.4. The molecule has 1 aliphatic heterocycles. The van der Waals surface area contributed by atoms with Crippen LogP contribution in [0.25, 0.3) is 0 Å². The molecule has 1 heterocycles. The molecule has 1 atom stereocenters. The summed E-state index contributed by atoms with van der Waals surface area (Å²) in [6.45, 7) is 7.49. The van der Waals surface area contributed by atoms with Crippen molar-refractivity contribution in [3.8, 4) is 0 Å². The third-order valence-electron chi connectivity index (χ3n) is 3.73. The number of rotatable bonds is 6. The maximum absolute atomic E-state index is 12.4. The van der Waals surface area contributed by atoms with Crippen molar-refractivity contribution >= 4 is 17.7 Å². The van der Waals surface area contributed by atoms with Gasteiger partial charge in [0.2, 0.25) is 5.91 Å². The Morgan fingerprint density at radius 1 is 1.41 bits per heavy atom. The number of ketones is 1. The molecule has 6 heteroatoms. The molecule has 0 aliphatic carbocycles. The number of hydrogen-bond acceptors (Lipinski definition) is 4. The fraction of sp³-hybridized carbons (Fsp3) is 0.812. The first-order valence-corrected chi connectivity index (χ1v) is 8.29. The molecule has 0 spiro atoms. The predicted octanol–water partition coefficient (Wildman–Crippen LogP) is 1.69. The molecule has 6 nitrogen and oxygen atoms in total. The molecule has 1 aliphatic rings. The lowest BCUT2D eigenvalue weighted by Gasteiger charge is -2.30. The van der Waals surface area contributed by atoms with E-state index in [1.165, 1.54) is 0 Å². The lowest BCUT2D eigenvalue weighted by atomic mass is 10.1. The van der Waals surface area contributed by atoms with Crippen molar-refractivity contribution in [2.45, 2.75) is 58.9 Å². The van der Waals surface area contributed by atoms with E-state index in [4.69, 9.17) is 0 Å². The SMILES string of the molecule is CCCCN(C(=O)NC(=O)CC(C)C)[C@H]1CCCNCC1=O. The number of urea groups is 1. The van der Waals surface area contributed by atoms with Crippen LogP contribution in [0.5, 0.6) is 0 Å². The van der Waals surface area contributed by atoms with E-state index in [0.717, 1.165) is 25.8 Å². The Bertz CT molecular complexity index is 396. The van der Waals surface area contributed by atoms with Crippen molar-refractivity contribution in [1.29, 1.82) is 0 Å². The van der Waals surface area contributed by atoms with E-state index >= 15 is 0 Å². The number of carbonyl (C=O) groups is 3. The van der Waals surface area contributed by atoms with Crippen LogP contribution in [0.4, 0.5) is 4.79 Å². The normalized spacial score (nSPS) is 18.9. The minimum absolute atomic E-state index is 0.0278. The van der Waals surface area contributed by atoms with E-state index in [1.54, 1.807) is 4.90 Å². The molecule has 3 amide bonds. The molecule has 1 rings (SSSR count). The van der Waals surface area contributed by atoms with Crippen LogP contribution in [0.15, 0.2) is 0 Å². The van der Waals surface area contributed by atoms with E-state index < -0.39 is 12.1 Å². The summed E-state index contributed by atoms with van der Waals surface area (Å²) in [7, 11) is 0. The zero-order valence-corrected chi connectivity index (χ0v) is 14.0. The second-order valence-electron chi connectivity index (χ2n) is 6.30. The Morgan fingerprint density at radius 3 is 2.77 bits per heavy atom. The summed E-state index contributed by atoms with van der Waals surface area (Å²) in [4.78, 5) is 38.0. The highest BCUT2D eigenvalue weighted by Gasteiger charge is 2.30. The zero-order chi connectivity index (χ0) is 16.5. The Kier molecular flexibility index (Phi) is 8.09. The molecule has 126 valence electrons. The number of unbranched alkanes of at least 4 members (excludes halogenated alkanes) is 1. The molecule has 22 heavy (non-hydrogen) atoms. The predicted molar refractivity (Wildman–Crippen MR) is 85.5 cm³/mol. The summed E-state index contributed by atoms with van der Waals surface area (Å²) in [6.07, 6.45) is 3.58. The van der Waals surface area contributed by atoms with E-state index in [9.17, 15) is 14.4 Å². The molecular formula is C16H29N3O3. The van der Waals surface area contributed by atoms with Crippen molar-refractivity contribution in [1.82, 2.24) is 15.5 Å². The molecule has 0 bridgehead atoms. The number of imide groups is 1. The number of amides is 3. The van der Waals surface area contributed by atoms with Crippen LogP contribution in [0.1, 0.15) is 52.9 Å². The first kappa shape index (κ1) is 18.6. The van der Waals surface area contributed by atoms with Gasteiger partial charge in [-0.1, -0.05) is 27.2 Å². The fourth-order valence-corrected chi connectivity index (χ4v) is 2.58. The molecule has 0 aromatic carbocycles. The highest BCUT2D eigenvalue weighted by Crippen LogP contribution is 2.13. The number of nitrogens with zero attached hydrogens (tertiary/aromatic N) is 1. The largest absolute Gasteiger partial charge is 0.324 e.